The molecule has 122 valence electrons. The molecule has 0 N–H and O–H groups in total. The summed E-state index contributed by atoms with van der Waals surface area (Å²) >= 11 is 0. The highest BCUT2D eigenvalue weighted by Crippen LogP contribution is 2.34. The third kappa shape index (κ3) is 4.34. The quantitative estimate of drug-likeness (QED) is 0.555. The van der Waals surface area contributed by atoms with Gasteiger partial charge in [0.05, 0.1) is 5.92 Å². The van der Waals surface area contributed by atoms with Gasteiger partial charge < -0.3 is 4.74 Å². The van der Waals surface area contributed by atoms with Gasteiger partial charge in [-0.2, -0.15) is 0 Å². The molecule has 1 aromatic rings. The second kappa shape index (κ2) is 6.85. The van der Waals surface area contributed by atoms with Gasteiger partial charge in [-0.15, -0.1) is 0 Å². The van der Waals surface area contributed by atoms with Crippen LogP contribution in [0.2, 0.25) is 0 Å². The van der Waals surface area contributed by atoms with E-state index in [-0.39, 0.29) is 17.3 Å². The summed E-state index contributed by atoms with van der Waals surface area (Å²) in [5.74, 6) is 2.20. The van der Waals surface area contributed by atoms with Gasteiger partial charge in [0.2, 0.25) is 0 Å². The van der Waals surface area contributed by atoms with E-state index in [1.54, 1.807) is 0 Å². The van der Waals surface area contributed by atoms with Gasteiger partial charge in [0.25, 0.3) is 0 Å². The highest BCUT2D eigenvalue weighted by Gasteiger charge is 2.29. The second-order valence-electron chi connectivity index (χ2n) is 8.05. The molecule has 2 heteroatoms. The molecule has 0 spiro atoms. The van der Waals surface area contributed by atoms with Crippen molar-refractivity contribution in [2.45, 2.75) is 65.7 Å². The number of hydrogen-bond acceptors (Lipinski definition) is 2. The van der Waals surface area contributed by atoms with Crippen LogP contribution in [-0.4, -0.2) is 5.97 Å². The van der Waals surface area contributed by atoms with E-state index in [2.05, 4.69) is 46.8 Å². The van der Waals surface area contributed by atoms with E-state index < -0.39 is 0 Å². The topological polar surface area (TPSA) is 26.3 Å². The number of ether oxygens (including phenoxy) is 1. The molecule has 1 aromatic carbocycles. The van der Waals surface area contributed by atoms with E-state index in [0.717, 1.165) is 37.5 Å². The first-order valence-electron chi connectivity index (χ1n) is 8.59. The molecule has 0 amide bonds. The van der Waals surface area contributed by atoms with E-state index in [0.29, 0.717) is 5.75 Å². The Balaban J connectivity index is 1.90. The number of rotatable bonds is 3. The zero-order valence-corrected chi connectivity index (χ0v) is 14.7. The van der Waals surface area contributed by atoms with Gasteiger partial charge in [-0.1, -0.05) is 46.8 Å². The standard InChI is InChI=1S/C20H30O2/c1-14(2)15-6-8-16(9-7-15)19(21)22-18-12-10-17(11-13-18)20(3,4)5/h10-16H,6-9H2,1-5H3. The molecule has 0 saturated heterocycles. The maximum Gasteiger partial charge on any atom is 0.314 e. The molecule has 0 heterocycles. The Labute approximate surface area is 135 Å². The van der Waals surface area contributed by atoms with Crippen LogP contribution in [0.3, 0.4) is 0 Å². The normalized spacial score (nSPS) is 22.6. The van der Waals surface area contributed by atoms with Crippen molar-refractivity contribution in [3.8, 4) is 5.75 Å². The van der Waals surface area contributed by atoms with Crippen molar-refractivity contribution in [2.75, 3.05) is 0 Å². The average molecular weight is 302 g/mol. The minimum atomic E-state index is -0.0503. The molecule has 1 aliphatic carbocycles. The Morgan fingerprint density at radius 3 is 2.05 bits per heavy atom. The van der Waals surface area contributed by atoms with Gasteiger partial charge in [-0.05, 0) is 60.6 Å². The van der Waals surface area contributed by atoms with Crippen molar-refractivity contribution in [1.82, 2.24) is 0 Å². The smallest absolute Gasteiger partial charge is 0.314 e. The van der Waals surface area contributed by atoms with E-state index in [4.69, 9.17) is 4.74 Å². The van der Waals surface area contributed by atoms with Crippen molar-refractivity contribution in [1.29, 1.82) is 0 Å². The average Bonchev–Trinajstić information content (AvgIpc) is 2.47. The molecule has 2 rings (SSSR count). The van der Waals surface area contributed by atoms with Crippen molar-refractivity contribution < 1.29 is 9.53 Å². The van der Waals surface area contributed by atoms with Crippen LogP contribution >= 0.6 is 0 Å². The van der Waals surface area contributed by atoms with Crippen molar-refractivity contribution in [3.63, 3.8) is 0 Å². The van der Waals surface area contributed by atoms with E-state index >= 15 is 0 Å². The van der Waals surface area contributed by atoms with Crippen LogP contribution in [-0.2, 0) is 10.2 Å². The Bertz CT molecular complexity index is 485. The first kappa shape index (κ1) is 17.1. The molecule has 0 radical (unpaired) electrons. The first-order chi connectivity index (χ1) is 10.3. The van der Waals surface area contributed by atoms with Gasteiger partial charge >= 0.3 is 5.97 Å². The summed E-state index contributed by atoms with van der Waals surface area (Å²) < 4.78 is 5.58. The maximum absolute atomic E-state index is 12.3. The lowest BCUT2D eigenvalue weighted by molar-refractivity contribution is -0.140. The van der Waals surface area contributed by atoms with Crippen molar-refractivity contribution in [3.05, 3.63) is 29.8 Å². The zero-order chi connectivity index (χ0) is 16.3. The molecule has 2 nitrogen and oxygen atoms in total. The minimum Gasteiger partial charge on any atom is -0.426 e. The number of benzene rings is 1. The molecular weight excluding hydrogens is 272 g/mol. The lowest BCUT2D eigenvalue weighted by Crippen LogP contribution is -2.27. The maximum atomic E-state index is 12.3. The Kier molecular flexibility index (Phi) is 5.31. The summed E-state index contributed by atoms with van der Waals surface area (Å²) in [6, 6.07) is 7.94. The second-order valence-corrected chi connectivity index (χ2v) is 8.05. The number of esters is 1. The summed E-state index contributed by atoms with van der Waals surface area (Å²) in [6.07, 6.45) is 4.25. The van der Waals surface area contributed by atoms with E-state index in [9.17, 15) is 4.79 Å². The van der Waals surface area contributed by atoms with Crippen LogP contribution in [0.5, 0.6) is 5.75 Å². The van der Waals surface area contributed by atoms with Gasteiger partial charge in [-0.3, -0.25) is 4.79 Å². The Hall–Kier alpha value is -1.31. The number of carbonyl (C=O) groups excluding carboxylic acids is 1. The van der Waals surface area contributed by atoms with Crippen LogP contribution in [0.25, 0.3) is 0 Å². The molecule has 1 aliphatic rings. The molecule has 0 aromatic heterocycles. The summed E-state index contributed by atoms with van der Waals surface area (Å²) in [5.41, 5.74) is 1.38. The lowest BCUT2D eigenvalue weighted by atomic mass is 9.77. The van der Waals surface area contributed by atoms with Crippen LogP contribution in [0.4, 0.5) is 0 Å². The molecule has 1 saturated carbocycles. The number of hydrogen-bond donors (Lipinski definition) is 0. The van der Waals surface area contributed by atoms with Gasteiger partial charge in [-0.25, -0.2) is 0 Å². The summed E-state index contributed by atoms with van der Waals surface area (Å²) in [7, 11) is 0. The van der Waals surface area contributed by atoms with Gasteiger partial charge in [0.15, 0.2) is 0 Å². The SMILES string of the molecule is CC(C)C1CCC(C(=O)Oc2ccc(C(C)(C)C)cc2)CC1. The molecule has 0 bridgehead atoms. The molecule has 1 fully saturated rings. The Morgan fingerprint density at radius 2 is 1.59 bits per heavy atom. The van der Waals surface area contributed by atoms with Crippen molar-refractivity contribution in [2.24, 2.45) is 17.8 Å². The fourth-order valence-electron chi connectivity index (χ4n) is 3.24. The van der Waals surface area contributed by atoms with Crippen LogP contribution in [0.1, 0.15) is 65.9 Å². The third-order valence-electron chi connectivity index (χ3n) is 4.99. The Morgan fingerprint density at radius 1 is 1.05 bits per heavy atom. The monoisotopic (exact) mass is 302 g/mol. The van der Waals surface area contributed by atoms with Crippen LogP contribution < -0.4 is 4.74 Å². The van der Waals surface area contributed by atoms with E-state index in [1.165, 1.54) is 5.56 Å². The first-order valence-corrected chi connectivity index (χ1v) is 8.59. The summed E-state index contributed by atoms with van der Waals surface area (Å²) in [6.45, 7) is 11.1. The van der Waals surface area contributed by atoms with E-state index in [1.807, 2.05) is 12.1 Å². The number of carbonyl (C=O) groups is 1. The molecule has 0 aliphatic heterocycles. The van der Waals surface area contributed by atoms with Gasteiger partial charge in [0.1, 0.15) is 5.75 Å². The largest absolute Gasteiger partial charge is 0.426 e. The van der Waals surface area contributed by atoms with Crippen LogP contribution in [0.15, 0.2) is 24.3 Å². The fraction of sp³-hybridized carbons (Fsp3) is 0.650. The molecule has 0 unspecified atom stereocenters. The molecular formula is C20H30O2. The lowest BCUT2D eigenvalue weighted by Gasteiger charge is -2.29. The summed E-state index contributed by atoms with van der Waals surface area (Å²) in [4.78, 5) is 12.3. The third-order valence-corrected chi connectivity index (χ3v) is 4.99. The van der Waals surface area contributed by atoms with Crippen molar-refractivity contribution >= 4 is 5.97 Å². The van der Waals surface area contributed by atoms with Gasteiger partial charge in [0, 0.05) is 0 Å². The predicted octanol–water partition coefficient (Wildman–Crippen LogP) is 5.35. The summed E-state index contributed by atoms with van der Waals surface area (Å²) in [5, 5.41) is 0. The predicted molar refractivity (Wildman–Crippen MR) is 91.1 cm³/mol. The fourth-order valence-corrected chi connectivity index (χ4v) is 3.24. The zero-order valence-electron chi connectivity index (χ0n) is 14.7. The highest BCUT2D eigenvalue weighted by atomic mass is 16.5. The highest BCUT2D eigenvalue weighted by molar-refractivity contribution is 5.75. The van der Waals surface area contributed by atoms with Crippen LogP contribution in [0, 0.1) is 17.8 Å². The molecule has 22 heavy (non-hydrogen) atoms. The minimum absolute atomic E-state index is 0.0503. The molecule has 0 atom stereocenters.